The molecule has 1 aromatic rings. The van der Waals surface area contributed by atoms with Gasteiger partial charge in [-0.3, -0.25) is 4.79 Å². The Morgan fingerprint density at radius 1 is 1.30 bits per heavy atom. The minimum atomic E-state index is -3.75. The van der Waals surface area contributed by atoms with Crippen LogP contribution in [0.1, 0.15) is 5.56 Å². The Morgan fingerprint density at radius 2 is 1.90 bits per heavy atom. The molecule has 0 aromatic heterocycles. The van der Waals surface area contributed by atoms with Crippen molar-refractivity contribution in [1.29, 1.82) is 0 Å². The van der Waals surface area contributed by atoms with E-state index in [9.17, 15) is 13.2 Å². The first-order valence-corrected chi connectivity index (χ1v) is 7.55. The summed E-state index contributed by atoms with van der Waals surface area (Å²) in [5.74, 6) is 0.235. The van der Waals surface area contributed by atoms with Gasteiger partial charge in [0, 0.05) is 13.1 Å². The average molecular weight is 298 g/mol. The number of amides is 1. The number of benzene rings is 1. The maximum Gasteiger partial charge on any atom is 0.243 e. The predicted molar refractivity (Wildman–Crippen MR) is 69.1 cm³/mol. The van der Waals surface area contributed by atoms with Gasteiger partial charge in [0.15, 0.2) is 11.5 Å². The van der Waals surface area contributed by atoms with Crippen molar-refractivity contribution >= 4 is 15.9 Å². The minimum absolute atomic E-state index is 0.141. The molecular formula is C12H14N2O5S. The molecule has 1 unspecified atom stereocenters. The van der Waals surface area contributed by atoms with Crippen LogP contribution in [0.15, 0.2) is 17.0 Å². The maximum atomic E-state index is 12.4. The van der Waals surface area contributed by atoms with E-state index in [0.29, 0.717) is 30.3 Å². The van der Waals surface area contributed by atoms with Crippen molar-refractivity contribution in [2.75, 3.05) is 20.3 Å². The summed E-state index contributed by atoms with van der Waals surface area (Å²) in [7, 11) is -2.40. The highest BCUT2D eigenvalue weighted by Gasteiger charge is 2.39. The lowest BCUT2D eigenvalue weighted by Gasteiger charge is -2.32. The number of nitrogens with two attached hydrogens (primary N) is 1. The number of likely N-dealkylation sites (N-methyl/N-ethyl adjacent to an activating group) is 1. The van der Waals surface area contributed by atoms with Gasteiger partial charge in [-0.25, -0.2) is 8.42 Å². The molecule has 1 amide bonds. The second kappa shape index (κ2) is 4.35. The first-order valence-electron chi connectivity index (χ1n) is 6.11. The van der Waals surface area contributed by atoms with Gasteiger partial charge in [-0.1, -0.05) is 0 Å². The molecule has 2 aliphatic rings. The van der Waals surface area contributed by atoms with E-state index in [4.69, 9.17) is 15.2 Å². The summed E-state index contributed by atoms with van der Waals surface area (Å²) in [6.45, 7) is 0.795. The molecule has 0 spiro atoms. The minimum Gasteiger partial charge on any atom is -0.486 e. The highest BCUT2D eigenvalue weighted by molar-refractivity contribution is 7.89. The summed E-state index contributed by atoms with van der Waals surface area (Å²) in [5, 5.41) is 0. The molecule has 2 aliphatic heterocycles. The molecule has 3 rings (SSSR count). The fourth-order valence-electron chi connectivity index (χ4n) is 2.45. The van der Waals surface area contributed by atoms with Crippen molar-refractivity contribution in [2.45, 2.75) is 17.4 Å². The Balaban J connectivity index is 2.17. The topological polar surface area (TPSA) is 98.9 Å². The van der Waals surface area contributed by atoms with Gasteiger partial charge in [0.2, 0.25) is 15.9 Å². The van der Waals surface area contributed by atoms with E-state index in [0.717, 1.165) is 4.31 Å². The standard InChI is InChI=1S/C12H14N2O5S/c1-14-8(12(13)15)4-7-5-9-10(19-3-2-18-9)6-11(7)20(14,16)17/h5-6,8H,2-4H2,1H3,(H2,13,15). The number of rotatable bonds is 1. The van der Waals surface area contributed by atoms with Crippen LogP contribution in [-0.4, -0.2) is 44.9 Å². The highest BCUT2D eigenvalue weighted by Crippen LogP contribution is 2.39. The van der Waals surface area contributed by atoms with Gasteiger partial charge >= 0.3 is 0 Å². The Kier molecular flexibility index (Phi) is 2.87. The Morgan fingerprint density at radius 3 is 2.50 bits per heavy atom. The summed E-state index contributed by atoms with van der Waals surface area (Å²) in [6.07, 6.45) is 0.233. The van der Waals surface area contributed by atoms with Crippen molar-refractivity contribution in [2.24, 2.45) is 5.73 Å². The third-order valence-corrected chi connectivity index (χ3v) is 5.51. The van der Waals surface area contributed by atoms with Crippen molar-refractivity contribution in [1.82, 2.24) is 4.31 Å². The van der Waals surface area contributed by atoms with Crippen molar-refractivity contribution in [3.8, 4) is 11.5 Å². The monoisotopic (exact) mass is 298 g/mol. The molecule has 2 N–H and O–H groups in total. The number of nitrogens with zero attached hydrogens (tertiary/aromatic N) is 1. The Labute approximate surface area is 116 Å². The molecule has 2 heterocycles. The number of carbonyl (C=O) groups is 1. The number of sulfonamides is 1. The lowest BCUT2D eigenvalue weighted by atomic mass is 10.0. The van der Waals surface area contributed by atoms with E-state index >= 15 is 0 Å². The van der Waals surface area contributed by atoms with Gasteiger partial charge in [0.1, 0.15) is 19.3 Å². The third kappa shape index (κ3) is 1.83. The van der Waals surface area contributed by atoms with Crippen LogP contribution >= 0.6 is 0 Å². The van der Waals surface area contributed by atoms with Gasteiger partial charge < -0.3 is 15.2 Å². The van der Waals surface area contributed by atoms with E-state index in [2.05, 4.69) is 0 Å². The van der Waals surface area contributed by atoms with E-state index < -0.39 is 22.0 Å². The molecular weight excluding hydrogens is 284 g/mol. The quantitative estimate of drug-likeness (QED) is 0.752. The molecule has 20 heavy (non-hydrogen) atoms. The van der Waals surface area contributed by atoms with E-state index in [1.165, 1.54) is 13.1 Å². The zero-order valence-electron chi connectivity index (χ0n) is 10.8. The number of hydrogen-bond donors (Lipinski definition) is 1. The first kappa shape index (κ1) is 13.2. The summed E-state index contributed by atoms with van der Waals surface area (Å²) in [4.78, 5) is 11.6. The molecule has 7 nitrogen and oxygen atoms in total. The maximum absolute atomic E-state index is 12.4. The molecule has 0 saturated heterocycles. The van der Waals surface area contributed by atoms with Crippen LogP contribution in [0.4, 0.5) is 0 Å². The lowest BCUT2D eigenvalue weighted by molar-refractivity contribution is -0.121. The van der Waals surface area contributed by atoms with Crippen LogP contribution in [0.5, 0.6) is 11.5 Å². The highest BCUT2D eigenvalue weighted by atomic mass is 32.2. The van der Waals surface area contributed by atoms with Crippen LogP contribution in [0.25, 0.3) is 0 Å². The largest absolute Gasteiger partial charge is 0.486 e. The first-order chi connectivity index (χ1) is 9.41. The van der Waals surface area contributed by atoms with Gasteiger partial charge in [-0.15, -0.1) is 0 Å². The normalized spacial score (nSPS) is 23.9. The molecule has 108 valence electrons. The summed E-state index contributed by atoms with van der Waals surface area (Å²) >= 11 is 0. The second-order valence-electron chi connectivity index (χ2n) is 4.75. The van der Waals surface area contributed by atoms with Crippen LogP contribution in [-0.2, 0) is 21.2 Å². The molecule has 0 saturated carbocycles. The van der Waals surface area contributed by atoms with E-state index in [1.807, 2.05) is 0 Å². The zero-order valence-corrected chi connectivity index (χ0v) is 11.6. The zero-order chi connectivity index (χ0) is 14.5. The third-order valence-electron chi connectivity index (χ3n) is 3.56. The van der Waals surface area contributed by atoms with E-state index in [-0.39, 0.29) is 11.3 Å². The fourth-order valence-corrected chi connectivity index (χ4v) is 4.00. The Hall–Kier alpha value is -1.80. The molecule has 8 heteroatoms. The summed E-state index contributed by atoms with van der Waals surface area (Å²) < 4.78 is 36.7. The molecule has 0 fully saturated rings. The second-order valence-corrected chi connectivity index (χ2v) is 6.71. The van der Waals surface area contributed by atoms with Gasteiger partial charge in [-0.05, 0) is 18.1 Å². The number of ether oxygens (including phenoxy) is 2. The van der Waals surface area contributed by atoms with Crippen molar-refractivity contribution in [3.63, 3.8) is 0 Å². The van der Waals surface area contributed by atoms with E-state index in [1.54, 1.807) is 6.07 Å². The average Bonchev–Trinajstić information content (AvgIpc) is 2.41. The summed E-state index contributed by atoms with van der Waals surface area (Å²) in [5.41, 5.74) is 5.80. The van der Waals surface area contributed by atoms with Crippen molar-refractivity contribution < 1.29 is 22.7 Å². The smallest absolute Gasteiger partial charge is 0.243 e. The summed E-state index contributed by atoms with van der Waals surface area (Å²) in [6, 6.07) is 2.19. The fraction of sp³-hybridized carbons (Fsp3) is 0.417. The number of fused-ring (bicyclic) bond motifs is 2. The van der Waals surface area contributed by atoms with Crippen LogP contribution in [0.2, 0.25) is 0 Å². The molecule has 0 bridgehead atoms. The molecule has 0 radical (unpaired) electrons. The van der Waals surface area contributed by atoms with Crippen molar-refractivity contribution in [3.05, 3.63) is 17.7 Å². The number of hydrogen-bond acceptors (Lipinski definition) is 5. The molecule has 1 aromatic carbocycles. The Bertz CT molecular complexity index is 685. The SMILES string of the molecule is CN1C(C(N)=O)Cc2cc3c(cc2S1(=O)=O)OCCO3. The number of carbonyl (C=O) groups excluding carboxylic acids is 1. The predicted octanol–water partition coefficient (Wildman–Crippen LogP) is -0.512. The number of primary amides is 1. The van der Waals surface area contributed by atoms with Gasteiger partial charge in [-0.2, -0.15) is 4.31 Å². The van der Waals surface area contributed by atoms with Crippen LogP contribution in [0.3, 0.4) is 0 Å². The van der Waals surface area contributed by atoms with Crippen LogP contribution < -0.4 is 15.2 Å². The van der Waals surface area contributed by atoms with Crippen LogP contribution in [0, 0.1) is 0 Å². The lowest BCUT2D eigenvalue weighted by Crippen LogP contribution is -2.49. The van der Waals surface area contributed by atoms with Gasteiger partial charge in [0.25, 0.3) is 0 Å². The van der Waals surface area contributed by atoms with Gasteiger partial charge in [0.05, 0.1) is 4.90 Å². The molecule has 1 atom stereocenters. The molecule has 0 aliphatic carbocycles.